The average Bonchev–Trinajstić information content (AvgIpc) is 2.46. The molecule has 1 aromatic rings. The first kappa shape index (κ1) is 15.2. The van der Waals surface area contributed by atoms with Crippen LogP contribution in [0.1, 0.15) is 56.6 Å². The summed E-state index contributed by atoms with van der Waals surface area (Å²) in [5.41, 5.74) is 2.52. The summed E-state index contributed by atoms with van der Waals surface area (Å²) in [5, 5.41) is 0. The van der Waals surface area contributed by atoms with Gasteiger partial charge in [-0.1, -0.05) is 31.2 Å². The molecule has 2 atom stereocenters. The van der Waals surface area contributed by atoms with Crippen LogP contribution >= 0.6 is 0 Å². The van der Waals surface area contributed by atoms with Gasteiger partial charge in [0.05, 0.1) is 5.54 Å². The molecular weight excluding hydrogens is 246 g/mol. The van der Waals surface area contributed by atoms with Gasteiger partial charge in [0.1, 0.15) is 0 Å². The van der Waals surface area contributed by atoms with Crippen molar-refractivity contribution in [2.45, 2.75) is 57.4 Å². The molecule has 0 saturated carbocycles. The largest absolute Gasteiger partial charge is 0.298 e. The zero-order chi connectivity index (χ0) is 14.8. The number of benzene rings is 1. The number of carbonyl (C=O) groups is 1. The molecule has 0 aliphatic heterocycles. The number of Topliss-reactive ketones (excluding diaryl/α,β-unsaturated/α-hetero) is 1. The van der Waals surface area contributed by atoms with Crippen molar-refractivity contribution in [2.75, 3.05) is 14.1 Å². The SMILES string of the molecule is CCC(C)(C(=O)CC1CCCc2ccccc21)N(C)C. The Hall–Kier alpha value is -1.15. The number of hydrogen-bond donors (Lipinski definition) is 0. The van der Waals surface area contributed by atoms with Gasteiger partial charge in [-0.25, -0.2) is 0 Å². The zero-order valence-electron chi connectivity index (χ0n) is 13.3. The van der Waals surface area contributed by atoms with E-state index in [1.54, 1.807) is 0 Å². The normalized spacial score (nSPS) is 21.4. The summed E-state index contributed by atoms with van der Waals surface area (Å²) in [6.07, 6.45) is 5.07. The van der Waals surface area contributed by atoms with Gasteiger partial charge in [0.25, 0.3) is 0 Å². The van der Waals surface area contributed by atoms with Crippen molar-refractivity contribution in [1.29, 1.82) is 0 Å². The molecule has 0 N–H and O–H groups in total. The molecule has 0 amide bonds. The van der Waals surface area contributed by atoms with Crippen LogP contribution < -0.4 is 0 Å². The maximum Gasteiger partial charge on any atom is 0.153 e. The Balaban J connectivity index is 2.17. The summed E-state index contributed by atoms with van der Waals surface area (Å²) >= 11 is 0. The molecule has 2 unspecified atom stereocenters. The Labute approximate surface area is 123 Å². The molecule has 0 radical (unpaired) electrons. The minimum atomic E-state index is -0.327. The fraction of sp³-hybridized carbons (Fsp3) is 0.611. The predicted molar refractivity (Wildman–Crippen MR) is 84.1 cm³/mol. The molecule has 0 heterocycles. The highest BCUT2D eigenvalue weighted by atomic mass is 16.1. The van der Waals surface area contributed by atoms with E-state index in [0.29, 0.717) is 18.1 Å². The minimum absolute atomic E-state index is 0.327. The lowest BCUT2D eigenvalue weighted by atomic mass is 9.77. The second-order valence-corrected chi connectivity index (χ2v) is 6.44. The number of carbonyl (C=O) groups excluding carboxylic acids is 1. The Bertz CT molecular complexity index is 480. The van der Waals surface area contributed by atoms with Crippen molar-refractivity contribution < 1.29 is 4.79 Å². The van der Waals surface area contributed by atoms with E-state index in [9.17, 15) is 4.79 Å². The molecule has 2 nitrogen and oxygen atoms in total. The lowest BCUT2D eigenvalue weighted by Gasteiger charge is -2.36. The average molecular weight is 273 g/mol. The van der Waals surface area contributed by atoms with Gasteiger partial charge >= 0.3 is 0 Å². The van der Waals surface area contributed by atoms with Crippen LogP contribution in [0.3, 0.4) is 0 Å². The van der Waals surface area contributed by atoms with E-state index in [1.165, 1.54) is 24.0 Å². The van der Waals surface area contributed by atoms with Crippen molar-refractivity contribution in [3.63, 3.8) is 0 Å². The van der Waals surface area contributed by atoms with Crippen LogP contribution in [0.25, 0.3) is 0 Å². The van der Waals surface area contributed by atoms with Gasteiger partial charge in [0.2, 0.25) is 0 Å². The van der Waals surface area contributed by atoms with Gasteiger partial charge in [0, 0.05) is 6.42 Å². The number of rotatable bonds is 5. The topological polar surface area (TPSA) is 20.3 Å². The highest BCUT2D eigenvalue weighted by molar-refractivity contribution is 5.88. The molecule has 1 aliphatic rings. The monoisotopic (exact) mass is 273 g/mol. The standard InChI is InChI=1S/C18H27NO/c1-5-18(2,19(3)4)17(20)13-15-11-8-10-14-9-6-7-12-16(14)15/h6-7,9,12,15H,5,8,10-11,13H2,1-4H3. The van der Waals surface area contributed by atoms with Crippen molar-refractivity contribution >= 4 is 5.78 Å². The minimum Gasteiger partial charge on any atom is -0.298 e. The quantitative estimate of drug-likeness (QED) is 0.813. The van der Waals surface area contributed by atoms with E-state index in [2.05, 4.69) is 43.0 Å². The summed E-state index contributed by atoms with van der Waals surface area (Å²) in [5.74, 6) is 0.796. The summed E-state index contributed by atoms with van der Waals surface area (Å²) in [6, 6.07) is 8.65. The van der Waals surface area contributed by atoms with E-state index in [1.807, 2.05) is 14.1 Å². The third-order valence-corrected chi connectivity index (χ3v) is 5.20. The number of hydrogen-bond acceptors (Lipinski definition) is 2. The van der Waals surface area contributed by atoms with Crippen LogP contribution in [0.15, 0.2) is 24.3 Å². The fourth-order valence-electron chi connectivity index (χ4n) is 3.27. The molecule has 0 bridgehead atoms. The highest BCUT2D eigenvalue weighted by Crippen LogP contribution is 2.35. The summed E-state index contributed by atoms with van der Waals surface area (Å²) in [7, 11) is 4.02. The number of fused-ring (bicyclic) bond motifs is 1. The molecule has 0 spiro atoms. The van der Waals surface area contributed by atoms with Gasteiger partial charge in [0.15, 0.2) is 5.78 Å². The molecule has 1 aliphatic carbocycles. The maximum absolute atomic E-state index is 12.8. The molecule has 2 heteroatoms. The second kappa shape index (κ2) is 6.09. The van der Waals surface area contributed by atoms with Crippen LogP contribution in [0.2, 0.25) is 0 Å². The first-order valence-electron chi connectivity index (χ1n) is 7.77. The molecular formula is C18H27NO. The first-order chi connectivity index (χ1) is 9.49. The lowest BCUT2D eigenvalue weighted by Crippen LogP contribution is -2.48. The Morgan fingerprint density at radius 1 is 1.35 bits per heavy atom. The van der Waals surface area contributed by atoms with Gasteiger partial charge in [-0.3, -0.25) is 9.69 Å². The predicted octanol–water partition coefficient (Wildman–Crippen LogP) is 3.80. The van der Waals surface area contributed by atoms with E-state index in [0.717, 1.165) is 12.8 Å². The maximum atomic E-state index is 12.8. The second-order valence-electron chi connectivity index (χ2n) is 6.44. The third-order valence-electron chi connectivity index (χ3n) is 5.20. The van der Waals surface area contributed by atoms with Crippen LogP contribution in [0, 0.1) is 0 Å². The number of ketones is 1. The molecule has 20 heavy (non-hydrogen) atoms. The van der Waals surface area contributed by atoms with Crippen molar-refractivity contribution in [3.8, 4) is 0 Å². The smallest absolute Gasteiger partial charge is 0.153 e. The van der Waals surface area contributed by atoms with Crippen LogP contribution in [0.5, 0.6) is 0 Å². The zero-order valence-corrected chi connectivity index (χ0v) is 13.3. The van der Waals surface area contributed by atoms with Gasteiger partial charge in [-0.2, -0.15) is 0 Å². The van der Waals surface area contributed by atoms with E-state index < -0.39 is 0 Å². The number of aryl methyl sites for hydroxylation is 1. The highest BCUT2D eigenvalue weighted by Gasteiger charge is 2.35. The molecule has 1 aromatic carbocycles. The van der Waals surface area contributed by atoms with E-state index >= 15 is 0 Å². The first-order valence-corrected chi connectivity index (χ1v) is 7.77. The molecule has 110 valence electrons. The Kier molecular flexibility index (Phi) is 4.64. The summed E-state index contributed by atoms with van der Waals surface area (Å²) in [4.78, 5) is 14.8. The van der Waals surface area contributed by atoms with Crippen molar-refractivity contribution in [1.82, 2.24) is 4.90 Å². The van der Waals surface area contributed by atoms with E-state index in [-0.39, 0.29) is 5.54 Å². The lowest BCUT2D eigenvalue weighted by molar-refractivity contribution is -0.129. The number of likely N-dealkylation sites (N-methyl/N-ethyl adjacent to an activating group) is 1. The Morgan fingerprint density at radius 2 is 2.05 bits per heavy atom. The Morgan fingerprint density at radius 3 is 2.70 bits per heavy atom. The van der Waals surface area contributed by atoms with Gasteiger partial charge < -0.3 is 0 Å². The van der Waals surface area contributed by atoms with Crippen LogP contribution in [-0.2, 0) is 11.2 Å². The third kappa shape index (κ3) is 2.80. The van der Waals surface area contributed by atoms with Gasteiger partial charge in [-0.05, 0) is 63.7 Å². The van der Waals surface area contributed by atoms with Crippen LogP contribution in [0.4, 0.5) is 0 Å². The van der Waals surface area contributed by atoms with Crippen molar-refractivity contribution in [2.24, 2.45) is 0 Å². The summed E-state index contributed by atoms with van der Waals surface area (Å²) in [6.45, 7) is 4.18. The molecule has 0 fully saturated rings. The van der Waals surface area contributed by atoms with Crippen LogP contribution in [-0.4, -0.2) is 30.3 Å². The molecule has 0 saturated heterocycles. The molecule has 0 aromatic heterocycles. The van der Waals surface area contributed by atoms with E-state index in [4.69, 9.17) is 0 Å². The number of nitrogens with zero attached hydrogens (tertiary/aromatic N) is 1. The molecule has 2 rings (SSSR count). The summed E-state index contributed by atoms with van der Waals surface area (Å²) < 4.78 is 0. The fourth-order valence-corrected chi connectivity index (χ4v) is 3.27. The van der Waals surface area contributed by atoms with Crippen molar-refractivity contribution in [3.05, 3.63) is 35.4 Å². The van der Waals surface area contributed by atoms with Gasteiger partial charge in [-0.15, -0.1) is 0 Å².